The molecule has 1 heterocycles. The first-order valence-corrected chi connectivity index (χ1v) is 6.40. The number of aliphatic hydroxyl groups excluding tert-OH is 1. The van der Waals surface area contributed by atoms with Gasteiger partial charge in [-0.05, 0) is 43.0 Å². The Hall–Kier alpha value is -1.08. The first kappa shape index (κ1) is 13.4. The lowest BCUT2D eigenvalue weighted by molar-refractivity contribution is -0.0312. The van der Waals surface area contributed by atoms with Crippen molar-refractivity contribution in [1.82, 2.24) is 0 Å². The van der Waals surface area contributed by atoms with Crippen LogP contribution in [0.1, 0.15) is 30.1 Å². The van der Waals surface area contributed by atoms with E-state index in [1.165, 1.54) is 0 Å². The van der Waals surface area contributed by atoms with Crippen molar-refractivity contribution in [3.8, 4) is 6.07 Å². The summed E-state index contributed by atoms with van der Waals surface area (Å²) in [5.74, 6) is 0. The summed E-state index contributed by atoms with van der Waals surface area (Å²) in [5, 5.41) is 20.6. The van der Waals surface area contributed by atoms with Gasteiger partial charge < -0.3 is 9.84 Å². The second kappa shape index (κ2) is 5.27. The van der Waals surface area contributed by atoms with Crippen molar-refractivity contribution in [1.29, 1.82) is 5.26 Å². The van der Waals surface area contributed by atoms with E-state index < -0.39 is 11.5 Å². The normalized spacial score (nSPS) is 20.1. The third-order valence-electron chi connectivity index (χ3n) is 3.66. The van der Waals surface area contributed by atoms with Crippen molar-refractivity contribution >= 4 is 11.6 Å². The third-order valence-corrected chi connectivity index (χ3v) is 3.89. The minimum atomic E-state index is -0.788. The summed E-state index contributed by atoms with van der Waals surface area (Å²) in [4.78, 5) is 0. The maximum atomic E-state index is 10.5. The van der Waals surface area contributed by atoms with Crippen LogP contribution < -0.4 is 0 Å². The number of hydrogen-bond donors (Lipinski definition) is 1. The Kier molecular flexibility index (Phi) is 3.91. The zero-order valence-corrected chi connectivity index (χ0v) is 11.1. The van der Waals surface area contributed by atoms with Crippen molar-refractivity contribution in [3.05, 3.63) is 34.3 Å². The molecular formula is C14H16ClNO2. The van der Waals surface area contributed by atoms with Gasteiger partial charge >= 0.3 is 0 Å². The van der Waals surface area contributed by atoms with Crippen LogP contribution in [-0.4, -0.2) is 18.3 Å². The van der Waals surface area contributed by atoms with Gasteiger partial charge in [0.05, 0.1) is 17.6 Å². The lowest BCUT2D eigenvalue weighted by atomic mass is 9.73. The molecule has 18 heavy (non-hydrogen) atoms. The molecule has 0 spiro atoms. The Morgan fingerprint density at radius 1 is 1.44 bits per heavy atom. The number of hydrogen-bond acceptors (Lipinski definition) is 3. The highest BCUT2D eigenvalue weighted by Crippen LogP contribution is 2.43. The van der Waals surface area contributed by atoms with Crippen LogP contribution in [0.3, 0.4) is 0 Å². The number of aryl methyl sites for hydroxylation is 1. The number of benzene rings is 1. The quantitative estimate of drug-likeness (QED) is 0.894. The molecule has 0 aliphatic carbocycles. The molecule has 3 nitrogen and oxygen atoms in total. The van der Waals surface area contributed by atoms with Gasteiger partial charge in [-0.3, -0.25) is 0 Å². The first-order chi connectivity index (χ1) is 8.59. The minimum Gasteiger partial charge on any atom is -0.387 e. The van der Waals surface area contributed by atoms with E-state index in [2.05, 4.69) is 6.07 Å². The van der Waals surface area contributed by atoms with Gasteiger partial charge in [-0.15, -0.1) is 0 Å². The van der Waals surface area contributed by atoms with E-state index >= 15 is 0 Å². The topological polar surface area (TPSA) is 53.2 Å². The maximum Gasteiger partial charge on any atom is 0.0980 e. The molecule has 1 fully saturated rings. The number of nitriles is 1. The molecule has 0 radical (unpaired) electrons. The van der Waals surface area contributed by atoms with Crippen molar-refractivity contribution in [2.45, 2.75) is 25.9 Å². The summed E-state index contributed by atoms with van der Waals surface area (Å²) in [6.07, 6.45) is 0.336. The number of nitrogens with zero attached hydrogens (tertiary/aromatic N) is 1. The maximum absolute atomic E-state index is 10.5. The summed E-state index contributed by atoms with van der Waals surface area (Å²) in [5.41, 5.74) is 0.954. The van der Waals surface area contributed by atoms with E-state index in [0.29, 0.717) is 31.1 Å². The van der Waals surface area contributed by atoms with Crippen molar-refractivity contribution in [3.63, 3.8) is 0 Å². The molecule has 1 aromatic carbocycles. The molecule has 0 aromatic heterocycles. The molecular weight excluding hydrogens is 250 g/mol. The summed E-state index contributed by atoms with van der Waals surface area (Å²) < 4.78 is 5.28. The lowest BCUT2D eigenvalue weighted by Crippen LogP contribution is -2.34. The Morgan fingerprint density at radius 3 is 2.67 bits per heavy atom. The zero-order chi connectivity index (χ0) is 13.2. The van der Waals surface area contributed by atoms with Crippen molar-refractivity contribution < 1.29 is 9.84 Å². The molecule has 1 N–H and O–H groups in total. The van der Waals surface area contributed by atoms with Gasteiger partial charge in [0.2, 0.25) is 0 Å². The average Bonchev–Trinajstić information content (AvgIpc) is 2.39. The molecule has 96 valence electrons. The van der Waals surface area contributed by atoms with E-state index in [1.807, 2.05) is 13.0 Å². The van der Waals surface area contributed by atoms with Gasteiger partial charge in [-0.1, -0.05) is 17.7 Å². The number of rotatable bonds is 2. The summed E-state index contributed by atoms with van der Waals surface area (Å²) in [7, 11) is 0. The fourth-order valence-corrected chi connectivity index (χ4v) is 2.65. The van der Waals surface area contributed by atoms with Gasteiger partial charge in [0.25, 0.3) is 0 Å². The third kappa shape index (κ3) is 2.37. The highest BCUT2D eigenvalue weighted by atomic mass is 35.5. The minimum absolute atomic E-state index is 0.525. The SMILES string of the molecule is Cc1cc(Cl)ccc1C(O)C1(C#N)CCOCC1. The monoisotopic (exact) mass is 265 g/mol. The molecule has 0 bridgehead atoms. The molecule has 4 heteroatoms. The Labute approximate surface area is 112 Å². The molecule has 1 aromatic rings. The van der Waals surface area contributed by atoms with Crippen LogP contribution in [0.4, 0.5) is 0 Å². The second-order valence-corrected chi connectivity index (χ2v) is 5.22. The second-order valence-electron chi connectivity index (χ2n) is 4.78. The van der Waals surface area contributed by atoms with Crippen LogP contribution in [-0.2, 0) is 4.74 Å². The van der Waals surface area contributed by atoms with Gasteiger partial charge in [0.1, 0.15) is 0 Å². The molecule has 1 aliphatic rings. The molecule has 0 amide bonds. The van der Waals surface area contributed by atoms with Gasteiger partial charge in [0, 0.05) is 18.2 Å². The molecule has 0 saturated carbocycles. The predicted molar refractivity (Wildman–Crippen MR) is 69.2 cm³/mol. The molecule has 1 aliphatic heterocycles. The highest BCUT2D eigenvalue weighted by molar-refractivity contribution is 6.30. The van der Waals surface area contributed by atoms with E-state index in [9.17, 15) is 10.4 Å². The van der Waals surface area contributed by atoms with Gasteiger partial charge in [-0.2, -0.15) is 5.26 Å². The van der Waals surface area contributed by atoms with Crippen LogP contribution in [0.25, 0.3) is 0 Å². The van der Waals surface area contributed by atoms with Crippen LogP contribution in [0, 0.1) is 23.7 Å². The van der Waals surface area contributed by atoms with Crippen LogP contribution in [0.2, 0.25) is 5.02 Å². The molecule has 1 saturated heterocycles. The molecule has 1 unspecified atom stereocenters. The standard InChI is InChI=1S/C14H16ClNO2/c1-10-8-11(15)2-3-12(10)13(17)14(9-16)4-6-18-7-5-14/h2-3,8,13,17H,4-7H2,1H3. The van der Waals surface area contributed by atoms with Crippen molar-refractivity contribution in [2.24, 2.45) is 5.41 Å². The van der Waals surface area contributed by atoms with Crippen LogP contribution in [0.15, 0.2) is 18.2 Å². The van der Waals surface area contributed by atoms with E-state index in [4.69, 9.17) is 16.3 Å². The van der Waals surface area contributed by atoms with E-state index in [-0.39, 0.29) is 0 Å². The fraction of sp³-hybridized carbons (Fsp3) is 0.500. The highest BCUT2D eigenvalue weighted by Gasteiger charge is 2.41. The predicted octanol–water partition coefficient (Wildman–Crippen LogP) is 3.00. The van der Waals surface area contributed by atoms with Gasteiger partial charge in [0.15, 0.2) is 0 Å². The largest absolute Gasteiger partial charge is 0.387 e. The lowest BCUT2D eigenvalue weighted by Gasteiger charge is -2.35. The van der Waals surface area contributed by atoms with Crippen LogP contribution >= 0.6 is 11.6 Å². The zero-order valence-electron chi connectivity index (χ0n) is 10.3. The Bertz CT molecular complexity index is 475. The summed E-state index contributed by atoms with van der Waals surface area (Å²) in [6.45, 7) is 2.95. The van der Waals surface area contributed by atoms with Crippen molar-refractivity contribution in [2.75, 3.05) is 13.2 Å². The summed E-state index contributed by atoms with van der Waals surface area (Å²) in [6, 6.07) is 7.65. The smallest absolute Gasteiger partial charge is 0.0980 e. The Balaban J connectivity index is 2.34. The number of ether oxygens (including phenoxy) is 1. The molecule has 2 rings (SSSR count). The van der Waals surface area contributed by atoms with E-state index in [1.54, 1.807) is 12.1 Å². The fourth-order valence-electron chi connectivity index (χ4n) is 2.43. The Morgan fingerprint density at radius 2 is 2.11 bits per heavy atom. The molecule has 1 atom stereocenters. The van der Waals surface area contributed by atoms with Crippen LogP contribution in [0.5, 0.6) is 0 Å². The summed E-state index contributed by atoms with van der Waals surface area (Å²) >= 11 is 5.91. The number of aliphatic hydroxyl groups is 1. The average molecular weight is 266 g/mol. The number of halogens is 1. The van der Waals surface area contributed by atoms with E-state index in [0.717, 1.165) is 11.1 Å². The van der Waals surface area contributed by atoms with Gasteiger partial charge in [-0.25, -0.2) is 0 Å². The first-order valence-electron chi connectivity index (χ1n) is 6.02.